The Kier molecular flexibility index (Phi) is 2.66. The quantitative estimate of drug-likeness (QED) is 0.191. The molecular formula is C40H24N4O2. The van der Waals surface area contributed by atoms with Crippen molar-refractivity contribution in [2.75, 3.05) is 0 Å². The number of furan rings is 1. The van der Waals surface area contributed by atoms with Crippen LogP contribution in [0.1, 0.15) is 32.9 Å². The third-order valence-corrected chi connectivity index (χ3v) is 6.51. The van der Waals surface area contributed by atoms with Crippen LogP contribution in [0, 0.1) is 0 Å². The van der Waals surface area contributed by atoms with Crippen molar-refractivity contribution in [3.63, 3.8) is 0 Å². The Morgan fingerprint density at radius 3 is 1.67 bits per heavy atom. The molecule has 0 atom stereocenters. The second-order valence-corrected chi connectivity index (χ2v) is 9.26. The first kappa shape index (κ1) is 11.5. The number of aromatic nitrogens is 4. The van der Waals surface area contributed by atoms with Crippen LogP contribution in [0.5, 0.6) is 0 Å². The van der Waals surface area contributed by atoms with Gasteiger partial charge >= 0.3 is 0 Å². The average molecular weight is 617 g/mol. The van der Waals surface area contributed by atoms with E-state index in [0.29, 0.717) is 0 Å². The van der Waals surface area contributed by atoms with Crippen LogP contribution < -0.4 is 0 Å². The van der Waals surface area contributed by atoms with Crippen LogP contribution in [0.4, 0.5) is 0 Å². The summed E-state index contributed by atoms with van der Waals surface area (Å²) in [6.07, 6.45) is 0. The number of benzene rings is 6. The zero-order valence-electron chi connectivity index (χ0n) is 46.6. The molecule has 0 bridgehead atoms. The van der Waals surface area contributed by atoms with E-state index in [1.165, 1.54) is 0 Å². The molecule has 0 saturated heterocycles. The summed E-state index contributed by atoms with van der Waals surface area (Å²) in [4.78, 5) is 17.1. The maximum Gasteiger partial charge on any atom is 0.227 e. The summed E-state index contributed by atoms with van der Waals surface area (Å²) in [6.45, 7) is 0. The highest BCUT2D eigenvalue weighted by Crippen LogP contribution is 2.39. The fourth-order valence-corrected chi connectivity index (χ4v) is 4.53. The van der Waals surface area contributed by atoms with Gasteiger partial charge in [-0.05, 0) is 53.4 Å². The molecule has 6 nitrogen and oxygen atoms in total. The van der Waals surface area contributed by atoms with Gasteiger partial charge in [-0.15, -0.1) is 0 Å². The van der Waals surface area contributed by atoms with Gasteiger partial charge in [0.25, 0.3) is 0 Å². The van der Waals surface area contributed by atoms with E-state index >= 15 is 0 Å². The zero-order chi connectivity index (χ0) is 51.3. The van der Waals surface area contributed by atoms with Crippen LogP contribution in [-0.2, 0) is 0 Å². The lowest BCUT2D eigenvalue weighted by atomic mass is 10.00. The lowest BCUT2D eigenvalue weighted by Gasteiger charge is -2.09. The summed E-state index contributed by atoms with van der Waals surface area (Å²) in [5.74, 6) is -2.94. The van der Waals surface area contributed by atoms with Crippen molar-refractivity contribution in [3.8, 4) is 56.7 Å². The lowest BCUT2D eigenvalue weighted by molar-refractivity contribution is 0.620. The van der Waals surface area contributed by atoms with E-state index in [1.54, 1.807) is 0 Å². The molecule has 9 rings (SSSR count). The standard InChI is InChI=1S/C40H24N4O2/c1-4-11-25(12-5-1)37-42-38(26-13-6-2-7-14-26)44-39(43-37)30-17-10-18-35-36(30)31-23-28(19-21-33(31)45-35)29-20-22-34-32(24-29)41-40(46-34)27-15-8-3-9-16-27/h1-24H/i1D,2D,3D,4D,5D,6D,7D,8D,9D,10D,11D,12D,13D,14D,15D,16D,17D,18D,19D,20D,21D,22D,23D,24D. The Hall–Kier alpha value is -6.40. The van der Waals surface area contributed by atoms with Gasteiger partial charge in [0.05, 0.1) is 32.9 Å². The molecule has 6 aromatic carbocycles. The number of fused-ring (bicyclic) bond motifs is 4. The van der Waals surface area contributed by atoms with E-state index in [1.807, 2.05) is 0 Å². The number of nitrogens with zero attached hydrogens (tertiary/aromatic N) is 4. The molecule has 0 N–H and O–H groups in total. The van der Waals surface area contributed by atoms with Gasteiger partial charge in [0, 0.05) is 33.0 Å². The van der Waals surface area contributed by atoms with Gasteiger partial charge in [-0.3, -0.25) is 0 Å². The molecule has 3 aromatic heterocycles. The van der Waals surface area contributed by atoms with Gasteiger partial charge in [0.1, 0.15) is 16.7 Å². The van der Waals surface area contributed by atoms with Crippen molar-refractivity contribution in [1.29, 1.82) is 0 Å². The molecular weight excluding hydrogens is 568 g/mol. The second-order valence-electron chi connectivity index (χ2n) is 9.26. The summed E-state index contributed by atoms with van der Waals surface area (Å²) in [7, 11) is 0. The monoisotopic (exact) mass is 616 g/mol. The molecule has 0 aliphatic rings. The number of oxazole rings is 1. The predicted octanol–water partition coefficient (Wildman–Crippen LogP) is 10.2. The van der Waals surface area contributed by atoms with Crippen LogP contribution in [-0.4, -0.2) is 19.9 Å². The SMILES string of the molecule is [2H]c1c([2H])c([2H])c(-c2nc(-c3c([2H])c([2H])c([2H])c([2H])c3[2H])nc(-c3c([2H])c([2H])c([2H])c4oc5c([2H])c([2H])c(-c6c([2H])c([2H])c7oc(-c8c([2H])c([2H])c([2H])c([2H])c8[2H])nc7c6[2H])c([2H])c5c34)n2)c([2H])c1[2H]. The normalized spacial score (nSPS) is 18.8. The Labute approximate surface area is 297 Å². The Balaban J connectivity index is 1.41. The summed E-state index contributed by atoms with van der Waals surface area (Å²) >= 11 is 0. The van der Waals surface area contributed by atoms with Gasteiger partial charge in [-0.2, -0.15) is 0 Å². The molecule has 0 amide bonds. The molecule has 216 valence electrons. The zero-order valence-corrected chi connectivity index (χ0v) is 22.6. The van der Waals surface area contributed by atoms with Crippen LogP contribution in [0.2, 0.25) is 0 Å². The van der Waals surface area contributed by atoms with Gasteiger partial charge < -0.3 is 8.83 Å². The van der Waals surface area contributed by atoms with Crippen LogP contribution >= 0.6 is 0 Å². The molecule has 46 heavy (non-hydrogen) atoms. The summed E-state index contributed by atoms with van der Waals surface area (Å²) in [5, 5.41) is -1.02. The molecule has 6 heteroatoms. The van der Waals surface area contributed by atoms with E-state index < -0.39 is 235 Å². The smallest absolute Gasteiger partial charge is 0.227 e. The first-order valence-corrected chi connectivity index (χ1v) is 13.1. The minimum absolute atomic E-state index is 0.499. The topological polar surface area (TPSA) is 77.8 Å². The van der Waals surface area contributed by atoms with Crippen molar-refractivity contribution in [2.24, 2.45) is 0 Å². The molecule has 0 spiro atoms. The lowest BCUT2D eigenvalue weighted by Crippen LogP contribution is -2.00. The predicted molar refractivity (Wildman–Crippen MR) is 182 cm³/mol. The van der Waals surface area contributed by atoms with E-state index in [9.17, 15) is 4.11 Å². The molecule has 0 fully saturated rings. The molecule has 0 aliphatic carbocycles. The molecule has 9 aromatic rings. The first-order chi connectivity index (χ1) is 32.8. The van der Waals surface area contributed by atoms with Gasteiger partial charge in [0.2, 0.25) is 5.89 Å². The fraction of sp³-hybridized carbons (Fsp3) is 0. The largest absolute Gasteiger partial charge is 0.456 e. The Morgan fingerprint density at radius 1 is 0.413 bits per heavy atom. The van der Waals surface area contributed by atoms with Gasteiger partial charge in [-0.25, -0.2) is 19.9 Å². The van der Waals surface area contributed by atoms with Crippen molar-refractivity contribution >= 4 is 33.0 Å². The summed E-state index contributed by atoms with van der Waals surface area (Å²) < 4.78 is 219. The third kappa shape index (κ3) is 4.52. The average Bonchev–Trinajstić information content (AvgIpc) is 3.96. The highest BCUT2D eigenvalue weighted by molar-refractivity contribution is 6.12. The van der Waals surface area contributed by atoms with Crippen molar-refractivity contribution in [2.45, 2.75) is 0 Å². The maximum atomic E-state index is 9.62. The van der Waals surface area contributed by atoms with Crippen LogP contribution in [0.15, 0.2) is 154 Å². The Bertz CT molecular complexity index is 3730. The maximum absolute atomic E-state index is 9.62. The van der Waals surface area contributed by atoms with Crippen molar-refractivity contribution in [1.82, 2.24) is 19.9 Å². The first-order valence-electron chi connectivity index (χ1n) is 25.1. The minimum Gasteiger partial charge on any atom is -0.456 e. The number of hydrogen-bond donors (Lipinski definition) is 0. The van der Waals surface area contributed by atoms with E-state index in [4.69, 9.17) is 37.6 Å². The highest BCUT2D eigenvalue weighted by atomic mass is 16.3. The molecule has 3 heterocycles. The third-order valence-electron chi connectivity index (χ3n) is 6.51. The fourth-order valence-electron chi connectivity index (χ4n) is 4.53. The molecule has 0 saturated carbocycles. The van der Waals surface area contributed by atoms with Crippen LogP contribution in [0.25, 0.3) is 89.8 Å². The van der Waals surface area contributed by atoms with Gasteiger partial charge in [-0.1, -0.05) is 103 Å². The number of hydrogen-bond acceptors (Lipinski definition) is 6. The summed E-state index contributed by atoms with van der Waals surface area (Å²) in [5.41, 5.74) is -6.21. The number of rotatable bonds is 5. The molecule has 0 aliphatic heterocycles. The van der Waals surface area contributed by atoms with Crippen molar-refractivity contribution < 1.29 is 41.7 Å². The van der Waals surface area contributed by atoms with E-state index in [0.717, 1.165) is 0 Å². The van der Waals surface area contributed by atoms with Gasteiger partial charge in [0.15, 0.2) is 23.1 Å². The Morgan fingerprint density at radius 2 is 1.00 bits per heavy atom. The van der Waals surface area contributed by atoms with E-state index in [2.05, 4.69) is 19.9 Å². The van der Waals surface area contributed by atoms with Crippen LogP contribution in [0.3, 0.4) is 0 Å². The molecule has 0 radical (unpaired) electrons. The molecule has 0 unspecified atom stereocenters. The highest BCUT2D eigenvalue weighted by Gasteiger charge is 2.18. The van der Waals surface area contributed by atoms with E-state index in [-0.39, 0.29) is 0 Å². The second kappa shape index (κ2) is 10.6. The minimum atomic E-state index is -0.896. The van der Waals surface area contributed by atoms with Crippen molar-refractivity contribution in [3.05, 3.63) is 145 Å². The summed E-state index contributed by atoms with van der Waals surface area (Å²) in [6, 6.07) is -19.8.